The monoisotopic (exact) mass is 287 g/mol. The Morgan fingerprint density at radius 1 is 1.43 bits per heavy atom. The van der Waals surface area contributed by atoms with Crippen molar-refractivity contribution in [2.24, 2.45) is 7.05 Å². The molecule has 4 rings (SSSR count). The maximum absolute atomic E-state index is 13.0. The van der Waals surface area contributed by atoms with E-state index in [1.54, 1.807) is 24.0 Å². The van der Waals surface area contributed by atoms with Crippen LogP contribution in [0, 0.1) is 0 Å². The van der Waals surface area contributed by atoms with Gasteiger partial charge in [0.2, 0.25) is 0 Å². The molecule has 2 fully saturated rings. The van der Waals surface area contributed by atoms with Crippen LogP contribution in [0.5, 0.6) is 0 Å². The third kappa shape index (κ3) is 1.77. The van der Waals surface area contributed by atoms with Gasteiger partial charge in [-0.25, -0.2) is 9.67 Å². The summed E-state index contributed by atoms with van der Waals surface area (Å²) >= 11 is 0. The fourth-order valence-corrected chi connectivity index (χ4v) is 3.30. The van der Waals surface area contributed by atoms with Crippen LogP contribution < -0.4 is 0 Å². The summed E-state index contributed by atoms with van der Waals surface area (Å²) in [4.78, 5) is 19.2. The molecule has 0 atom stereocenters. The lowest BCUT2D eigenvalue weighted by molar-refractivity contribution is -0.0876. The highest BCUT2D eigenvalue weighted by atomic mass is 16.5. The third-order valence-electron chi connectivity index (χ3n) is 4.65. The van der Waals surface area contributed by atoms with E-state index in [4.69, 9.17) is 4.74 Å². The van der Waals surface area contributed by atoms with E-state index in [-0.39, 0.29) is 11.4 Å². The number of morpholine rings is 1. The average molecular weight is 287 g/mol. The van der Waals surface area contributed by atoms with Gasteiger partial charge in [-0.2, -0.15) is 0 Å². The van der Waals surface area contributed by atoms with Gasteiger partial charge in [-0.15, -0.1) is 5.10 Å². The zero-order valence-electron chi connectivity index (χ0n) is 11.9. The summed E-state index contributed by atoms with van der Waals surface area (Å²) < 4.78 is 7.18. The van der Waals surface area contributed by atoms with Gasteiger partial charge >= 0.3 is 0 Å². The molecule has 3 heterocycles. The lowest BCUT2D eigenvalue weighted by Crippen LogP contribution is -2.62. The summed E-state index contributed by atoms with van der Waals surface area (Å²) in [6, 6.07) is 1.74. The number of ether oxygens (including phenoxy) is 1. The van der Waals surface area contributed by atoms with E-state index in [0.717, 1.165) is 19.3 Å². The van der Waals surface area contributed by atoms with Gasteiger partial charge in [0.25, 0.3) is 5.91 Å². The molecule has 1 saturated heterocycles. The number of rotatable bonds is 1. The lowest BCUT2D eigenvalue weighted by Gasteiger charge is -2.52. The number of carbonyl (C=O) groups excluding carboxylic acids is 1. The first kappa shape index (κ1) is 12.7. The molecule has 7 nitrogen and oxygen atoms in total. The minimum absolute atomic E-state index is 0.0194. The molecule has 0 radical (unpaired) electrons. The molecule has 0 bridgehead atoms. The second-order valence-corrected chi connectivity index (χ2v) is 5.83. The van der Waals surface area contributed by atoms with Crippen molar-refractivity contribution in [3.63, 3.8) is 0 Å². The summed E-state index contributed by atoms with van der Waals surface area (Å²) in [7, 11) is 1.78. The van der Waals surface area contributed by atoms with Crippen LogP contribution in [0.1, 0.15) is 29.6 Å². The molecule has 1 aliphatic heterocycles. The predicted octanol–water partition coefficient (Wildman–Crippen LogP) is 0.758. The molecule has 2 aliphatic rings. The maximum Gasteiger partial charge on any atom is 0.256 e. The Labute approximate surface area is 121 Å². The normalized spacial score (nSPS) is 20.7. The Morgan fingerprint density at radius 3 is 3.05 bits per heavy atom. The van der Waals surface area contributed by atoms with Crippen LogP contribution in [0.2, 0.25) is 0 Å². The van der Waals surface area contributed by atoms with Gasteiger partial charge in [-0.1, -0.05) is 5.21 Å². The number of aromatic nitrogens is 4. The summed E-state index contributed by atoms with van der Waals surface area (Å²) in [5.41, 5.74) is 1.69. The number of hydrogen-bond donors (Lipinski definition) is 0. The van der Waals surface area contributed by atoms with Crippen LogP contribution in [0.4, 0.5) is 0 Å². The first-order valence-corrected chi connectivity index (χ1v) is 7.25. The van der Waals surface area contributed by atoms with Crippen molar-refractivity contribution in [3.8, 4) is 0 Å². The quantitative estimate of drug-likeness (QED) is 0.774. The summed E-state index contributed by atoms with van der Waals surface area (Å²) in [5.74, 6) is 0.0194. The van der Waals surface area contributed by atoms with Crippen LogP contribution in [0.15, 0.2) is 12.3 Å². The van der Waals surface area contributed by atoms with E-state index in [1.165, 1.54) is 0 Å². The Balaban J connectivity index is 1.76. The molecule has 21 heavy (non-hydrogen) atoms. The first-order valence-electron chi connectivity index (χ1n) is 7.25. The van der Waals surface area contributed by atoms with Crippen molar-refractivity contribution in [1.29, 1.82) is 0 Å². The molecule has 2 aromatic heterocycles. The second-order valence-electron chi connectivity index (χ2n) is 5.83. The maximum atomic E-state index is 13.0. The number of amides is 1. The molecule has 7 heteroatoms. The number of aryl methyl sites for hydroxylation is 1. The van der Waals surface area contributed by atoms with Crippen LogP contribution >= 0.6 is 0 Å². The SMILES string of the molecule is Cn1nnc2c(C(=O)N3CCOCC34CCC4)ccnc21. The molecular weight excluding hydrogens is 270 g/mol. The van der Waals surface area contributed by atoms with E-state index in [2.05, 4.69) is 15.3 Å². The molecule has 1 amide bonds. The van der Waals surface area contributed by atoms with E-state index >= 15 is 0 Å². The van der Waals surface area contributed by atoms with Gasteiger partial charge in [-0.05, 0) is 25.3 Å². The molecule has 1 aliphatic carbocycles. The number of carbonyl (C=O) groups is 1. The van der Waals surface area contributed by atoms with Gasteiger partial charge in [0.05, 0.1) is 24.3 Å². The average Bonchev–Trinajstić information content (AvgIpc) is 2.86. The van der Waals surface area contributed by atoms with Crippen molar-refractivity contribution < 1.29 is 9.53 Å². The highest BCUT2D eigenvalue weighted by molar-refractivity contribution is 6.04. The molecule has 0 N–H and O–H groups in total. The van der Waals surface area contributed by atoms with Gasteiger partial charge in [0.1, 0.15) is 5.52 Å². The standard InChI is InChI=1S/C14H17N5O2/c1-18-12-11(16-17-18)10(3-6-15-12)13(20)19-7-8-21-9-14(19)4-2-5-14/h3,6H,2,4-5,7-9H2,1H3. The first-order chi connectivity index (χ1) is 10.2. The van der Waals surface area contributed by atoms with Gasteiger partial charge in [0, 0.05) is 19.8 Å². The molecule has 0 unspecified atom stereocenters. The van der Waals surface area contributed by atoms with E-state index in [9.17, 15) is 4.79 Å². The third-order valence-corrected chi connectivity index (χ3v) is 4.65. The smallest absolute Gasteiger partial charge is 0.256 e. The van der Waals surface area contributed by atoms with Crippen molar-refractivity contribution in [1.82, 2.24) is 24.9 Å². The van der Waals surface area contributed by atoms with E-state index in [0.29, 0.717) is 36.5 Å². The van der Waals surface area contributed by atoms with Crippen molar-refractivity contribution in [2.45, 2.75) is 24.8 Å². The molecule has 1 spiro atoms. The fraction of sp³-hybridized carbons (Fsp3) is 0.571. The number of hydrogen-bond acceptors (Lipinski definition) is 5. The number of nitrogens with zero attached hydrogens (tertiary/aromatic N) is 5. The fourth-order valence-electron chi connectivity index (χ4n) is 3.30. The van der Waals surface area contributed by atoms with E-state index in [1.807, 2.05) is 4.90 Å². The molecule has 0 aromatic carbocycles. The highest BCUT2D eigenvalue weighted by Crippen LogP contribution is 2.40. The molecule has 110 valence electrons. The zero-order valence-corrected chi connectivity index (χ0v) is 11.9. The number of fused-ring (bicyclic) bond motifs is 1. The van der Waals surface area contributed by atoms with Gasteiger partial charge < -0.3 is 9.64 Å². The lowest BCUT2D eigenvalue weighted by atomic mass is 9.75. The topological polar surface area (TPSA) is 73.1 Å². The highest BCUT2D eigenvalue weighted by Gasteiger charge is 2.47. The second kappa shape index (κ2) is 4.49. The van der Waals surface area contributed by atoms with Gasteiger partial charge in [0.15, 0.2) is 5.65 Å². The van der Waals surface area contributed by atoms with Crippen LogP contribution in [-0.2, 0) is 11.8 Å². The Hall–Kier alpha value is -2.02. The van der Waals surface area contributed by atoms with E-state index < -0.39 is 0 Å². The zero-order chi connectivity index (χ0) is 14.4. The Bertz CT molecular complexity index is 706. The Morgan fingerprint density at radius 2 is 2.29 bits per heavy atom. The minimum Gasteiger partial charge on any atom is -0.377 e. The predicted molar refractivity (Wildman–Crippen MR) is 74.7 cm³/mol. The molecule has 2 aromatic rings. The van der Waals surface area contributed by atoms with Crippen LogP contribution in [-0.4, -0.2) is 56.1 Å². The number of pyridine rings is 1. The molecular formula is C14H17N5O2. The summed E-state index contributed by atoms with van der Waals surface area (Å²) in [6.07, 6.45) is 4.84. The molecule has 1 saturated carbocycles. The van der Waals surface area contributed by atoms with Gasteiger partial charge in [-0.3, -0.25) is 4.79 Å². The van der Waals surface area contributed by atoms with Crippen LogP contribution in [0.3, 0.4) is 0 Å². The van der Waals surface area contributed by atoms with Crippen molar-refractivity contribution in [3.05, 3.63) is 17.8 Å². The van der Waals surface area contributed by atoms with Crippen molar-refractivity contribution >= 4 is 17.1 Å². The largest absolute Gasteiger partial charge is 0.377 e. The minimum atomic E-state index is -0.104. The Kier molecular flexibility index (Phi) is 2.72. The summed E-state index contributed by atoms with van der Waals surface area (Å²) in [5, 5.41) is 8.06. The van der Waals surface area contributed by atoms with Crippen molar-refractivity contribution in [2.75, 3.05) is 19.8 Å². The summed E-state index contributed by atoms with van der Waals surface area (Å²) in [6.45, 7) is 1.89. The van der Waals surface area contributed by atoms with Crippen LogP contribution in [0.25, 0.3) is 11.2 Å².